The van der Waals surface area contributed by atoms with E-state index in [1.165, 1.54) is 32.1 Å². The Kier molecular flexibility index (Phi) is 2.97. The lowest BCUT2D eigenvalue weighted by Crippen LogP contribution is -2.12. The predicted octanol–water partition coefficient (Wildman–Crippen LogP) is 4.86. The fraction of sp³-hybridized carbons (Fsp3) is 0.462. The molecule has 1 aromatic heterocycles. The van der Waals surface area contributed by atoms with Crippen molar-refractivity contribution >= 4 is 34.9 Å². The largest absolute Gasteiger partial charge is 0.329 e. The predicted molar refractivity (Wildman–Crippen MR) is 74.3 cm³/mol. The van der Waals surface area contributed by atoms with Gasteiger partial charge in [-0.15, -0.1) is 0 Å². The van der Waals surface area contributed by atoms with Crippen LogP contribution in [0.1, 0.15) is 38.1 Å². The van der Waals surface area contributed by atoms with Gasteiger partial charge in [-0.05, 0) is 37.2 Å². The molecule has 4 heteroatoms. The second kappa shape index (κ2) is 4.46. The monoisotopic (exact) mass is 266 g/mol. The molecule has 3 rings (SSSR count). The fourth-order valence-electron chi connectivity index (χ4n) is 2.82. The first kappa shape index (κ1) is 11.3. The number of H-pyrrole nitrogens is 1. The molecule has 1 aromatic carbocycles. The Bertz CT molecular complexity index is 593. The molecule has 0 unspecified atom stereocenters. The minimum absolute atomic E-state index is 0.545. The molecule has 0 aliphatic heterocycles. The van der Waals surface area contributed by atoms with Gasteiger partial charge in [0.2, 0.25) is 0 Å². The Hall–Kier alpha value is -0.800. The SMILES string of the molecule is S=c1[nH]c2c(Cl)cccc2n1C1CCCCC1. The highest BCUT2D eigenvalue weighted by Gasteiger charge is 2.18. The highest BCUT2D eigenvalue weighted by Crippen LogP contribution is 2.32. The maximum absolute atomic E-state index is 6.19. The second-order valence-electron chi connectivity index (χ2n) is 4.73. The van der Waals surface area contributed by atoms with Gasteiger partial charge in [-0.1, -0.05) is 36.9 Å². The van der Waals surface area contributed by atoms with E-state index in [1.54, 1.807) is 0 Å². The quantitative estimate of drug-likeness (QED) is 0.731. The van der Waals surface area contributed by atoms with Crippen LogP contribution >= 0.6 is 23.8 Å². The van der Waals surface area contributed by atoms with Crippen LogP contribution in [-0.2, 0) is 0 Å². The summed E-state index contributed by atoms with van der Waals surface area (Å²) in [5, 5.41) is 0.753. The zero-order chi connectivity index (χ0) is 11.8. The standard InChI is InChI=1S/C13H15ClN2S/c14-10-7-4-8-11-12(10)15-13(17)16(11)9-5-2-1-3-6-9/h4,7-9H,1-3,5-6H2,(H,15,17). The molecule has 0 bridgehead atoms. The third kappa shape index (κ3) is 1.91. The summed E-state index contributed by atoms with van der Waals surface area (Å²) in [6.45, 7) is 0. The molecule has 1 saturated carbocycles. The van der Waals surface area contributed by atoms with Gasteiger partial charge in [0.1, 0.15) is 0 Å². The average Bonchev–Trinajstić information content (AvgIpc) is 2.68. The van der Waals surface area contributed by atoms with E-state index in [4.69, 9.17) is 23.8 Å². The first-order valence-corrected chi connectivity index (χ1v) is 6.95. The van der Waals surface area contributed by atoms with Gasteiger partial charge in [-0.2, -0.15) is 0 Å². The Morgan fingerprint density at radius 2 is 2.00 bits per heavy atom. The Morgan fingerprint density at radius 1 is 1.24 bits per heavy atom. The maximum atomic E-state index is 6.19. The van der Waals surface area contributed by atoms with Gasteiger partial charge < -0.3 is 9.55 Å². The molecule has 1 N–H and O–H groups in total. The van der Waals surface area contributed by atoms with Crippen molar-refractivity contribution in [2.24, 2.45) is 0 Å². The highest BCUT2D eigenvalue weighted by atomic mass is 35.5. The summed E-state index contributed by atoms with van der Waals surface area (Å²) in [5.41, 5.74) is 2.12. The second-order valence-corrected chi connectivity index (χ2v) is 5.52. The molecule has 1 aliphatic rings. The molecular formula is C13H15ClN2S. The Balaban J connectivity index is 2.18. The third-order valence-corrected chi connectivity index (χ3v) is 4.26. The molecule has 2 nitrogen and oxygen atoms in total. The van der Waals surface area contributed by atoms with E-state index in [-0.39, 0.29) is 0 Å². The van der Waals surface area contributed by atoms with Crippen molar-refractivity contribution in [1.29, 1.82) is 0 Å². The first-order valence-electron chi connectivity index (χ1n) is 6.16. The van der Waals surface area contributed by atoms with Gasteiger partial charge in [0.25, 0.3) is 0 Å². The minimum atomic E-state index is 0.545. The minimum Gasteiger partial charge on any atom is -0.329 e. The number of hydrogen-bond donors (Lipinski definition) is 1. The number of imidazole rings is 1. The Labute approximate surface area is 111 Å². The molecule has 0 amide bonds. The molecule has 17 heavy (non-hydrogen) atoms. The summed E-state index contributed by atoms with van der Waals surface area (Å²) in [6, 6.07) is 6.54. The van der Waals surface area contributed by atoms with Gasteiger partial charge in [0.05, 0.1) is 16.1 Å². The van der Waals surface area contributed by atoms with E-state index < -0.39 is 0 Å². The summed E-state index contributed by atoms with van der Waals surface area (Å²) in [6.07, 6.45) is 6.42. The number of hydrogen-bond acceptors (Lipinski definition) is 1. The molecule has 0 atom stereocenters. The van der Waals surface area contributed by atoms with Crippen LogP contribution in [0.2, 0.25) is 5.02 Å². The van der Waals surface area contributed by atoms with Crippen molar-refractivity contribution in [2.45, 2.75) is 38.1 Å². The fourth-order valence-corrected chi connectivity index (χ4v) is 3.38. The van der Waals surface area contributed by atoms with E-state index in [2.05, 4.69) is 15.6 Å². The normalized spacial score (nSPS) is 17.7. The molecule has 1 aliphatic carbocycles. The van der Waals surface area contributed by atoms with Crippen LogP contribution in [0, 0.1) is 4.77 Å². The van der Waals surface area contributed by atoms with Crippen molar-refractivity contribution in [3.63, 3.8) is 0 Å². The van der Waals surface area contributed by atoms with Gasteiger partial charge in [0.15, 0.2) is 4.77 Å². The van der Waals surface area contributed by atoms with Crippen LogP contribution in [0.4, 0.5) is 0 Å². The maximum Gasteiger partial charge on any atom is 0.178 e. The number of para-hydroxylation sites is 1. The summed E-state index contributed by atoms with van der Waals surface area (Å²) in [5.74, 6) is 0. The average molecular weight is 267 g/mol. The number of rotatable bonds is 1. The number of fused-ring (bicyclic) bond motifs is 1. The van der Waals surface area contributed by atoms with Gasteiger partial charge in [-0.3, -0.25) is 0 Å². The smallest absolute Gasteiger partial charge is 0.178 e. The van der Waals surface area contributed by atoms with E-state index >= 15 is 0 Å². The van der Waals surface area contributed by atoms with Gasteiger partial charge >= 0.3 is 0 Å². The van der Waals surface area contributed by atoms with E-state index in [9.17, 15) is 0 Å². The van der Waals surface area contributed by atoms with Crippen LogP contribution in [0.25, 0.3) is 11.0 Å². The lowest BCUT2D eigenvalue weighted by molar-refractivity contribution is 0.357. The topological polar surface area (TPSA) is 20.7 Å². The zero-order valence-corrected chi connectivity index (χ0v) is 11.2. The van der Waals surface area contributed by atoms with Crippen molar-refractivity contribution in [3.05, 3.63) is 28.0 Å². The first-order chi connectivity index (χ1) is 8.27. The van der Waals surface area contributed by atoms with Crippen molar-refractivity contribution < 1.29 is 0 Å². The van der Waals surface area contributed by atoms with Crippen molar-refractivity contribution in [3.8, 4) is 0 Å². The van der Waals surface area contributed by atoms with Crippen molar-refractivity contribution in [2.75, 3.05) is 0 Å². The van der Waals surface area contributed by atoms with E-state index in [0.29, 0.717) is 6.04 Å². The van der Waals surface area contributed by atoms with E-state index in [1.807, 2.05) is 12.1 Å². The number of nitrogens with one attached hydrogen (secondary N) is 1. The lowest BCUT2D eigenvalue weighted by atomic mass is 9.95. The molecule has 90 valence electrons. The van der Waals surface area contributed by atoms with Crippen LogP contribution in [-0.4, -0.2) is 9.55 Å². The van der Waals surface area contributed by atoms with Crippen LogP contribution in [0.15, 0.2) is 18.2 Å². The molecule has 2 aromatic rings. The molecule has 1 fully saturated rings. The summed E-state index contributed by atoms with van der Waals surface area (Å²) in [7, 11) is 0. The van der Waals surface area contributed by atoms with Crippen LogP contribution in [0.5, 0.6) is 0 Å². The summed E-state index contributed by atoms with van der Waals surface area (Å²) >= 11 is 11.6. The molecule has 1 heterocycles. The number of benzene rings is 1. The van der Waals surface area contributed by atoms with Crippen LogP contribution < -0.4 is 0 Å². The van der Waals surface area contributed by atoms with Crippen molar-refractivity contribution in [1.82, 2.24) is 9.55 Å². The van der Waals surface area contributed by atoms with Gasteiger partial charge in [0, 0.05) is 6.04 Å². The number of aromatic amines is 1. The van der Waals surface area contributed by atoms with Crippen LogP contribution in [0.3, 0.4) is 0 Å². The molecular weight excluding hydrogens is 252 g/mol. The summed E-state index contributed by atoms with van der Waals surface area (Å²) < 4.78 is 3.07. The highest BCUT2D eigenvalue weighted by molar-refractivity contribution is 7.71. The molecule has 0 spiro atoms. The lowest BCUT2D eigenvalue weighted by Gasteiger charge is -2.23. The molecule has 0 saturated heterocycles. The third-order valence-electron chi connectivity index (χ3n) is 3.64. The zero-order valence-electron chi connectivity index (χ0n) is 9.58. The number of nitrogens with zero attached hydrogens (tertiary/aromatic N) is 1. The number of halogens is 1. The van der Waals surface area contributed by atoms with Gasteiger partial charge in [-0.25, -0.2) is 0 Å². The molecule has 0 radical (unpaired) electrons. The Morgan fingerprint density at radius 3 is 2.76 bits per heavy atom. The number of aromatic nitrogens is 2. The van der Waals surface area contributed by atoms with E-state index in [0.717, 1.165) is 20.8 Å². The summed E-state index contributed by atoms with van der Waals surface area (Å²) in [4.78, 5) is 3.24.